The van der Waals surface area contributed by atoms with E-state index in [1.807, 2.05) is 12.4 Å². The van der Waals surface area contributed by atoms with Crippen LogP contribution in [0.15, 0.2) is 88.9 Å². The topological polar surface area (TPSA) is 80.4 Å². The van der Waals surface area contributed by atoms with Crippen LogP contribution in [0.5, 0.6) is 0 Å². The first-order valence-corrected chi connectivity index (χ1v) is 9.85. The number of nitrogens with one attached hydrogen (secondary N) is 2. The molecule has 29 heavy (non-hydrogen) atoms. The van der Waals surface area contributed by atoms with Gasteiger partial charge in [-0.05, 0) is 53.8 Å². The molecular formula is C23H26N4O2. The van der Waals surface area contributed by atoms with E-state index in [0.717, 1.165) is 49.9 Å². The second-order valence-corrected chi connectivity index (χ2v) is 7.21. The maximum atomic E-state index is 5.44. The Kier molecular flexibility index (Phi) is 5.64. The zero-order valence-electron chi connectivity index (χ0n) is 16.3. The Morgan fingerprint density at radius 3 is 2.69 bits per heavy atom. The monoisotopic (exact) mass is 390 g/mol. The highest BCUT2D eigenvalue weighted by molar-refractivity contribution is 6.10. The molecule has 0 radical (unpaired) electrons. The van der Waals surface area contributed by atoms with E-state index in [4.69, 9.17) is 4.74 Å². The van der Waals surface area contributed by atoms with Crippen LogP contribution in [0.4, 0.5) is 11.4 Å². The molecule has 0 aromatic heterocycles. The number of fused-ring (bicyclic) bond motifs is 1. The predicted octanol–water partition coefficient (Wildman–Crippen LogP) is 2.56. The van der Waals surface area contributed by atoms with Gasteiger partial charge in [0.2, 0.25) is 0 Å². The second-order valence-electron chi connectivity index (χ2n) is 7.21. The summed E-state index contributed by atoms with van der Waals surface area (Å²) in [6, 6.07) is 8.63. The number of anilines is 2. The fourth-order valence-electron chi connectivity index (χ4n) is 4.01. The van der Waals surface area contributed by atoms with Crippen LogP contribution in [-0.2, 0) is 4.74 Å². The molecule has 6 nitrogen and oxygen atoms in total. The van der Waals surface area contributed by atoms with Gasteiger partial charge in [0.05, 0.1) is 24.6 Å². The first-order chi connectivity index (χ1) is 13.9. The van der Waals surface area contributed by atoms with Gasteiger partial charge in [-0.2, -0.15) is 0 Å². The Bertz CT molecular complexity index is 932. The van der Waals surface area contributed by atoms with Crippen LogP contribution in [-0.4, -0.2) is 44.0 Å². The van der Waals surface area contributed by atoms with Crippen molar-refractivity contribution in [1.29, 1.82) is 0 Å². The van der Waals surface area contributed by atoms with Crippen molar-refractivity contribution in [2.45, 2.75) is 0 Å². The number of dihydropyridines is 1. The van der Waals surface area contributed by atoms with Crippen molar-refractivity contribution in [1.82, 2.24) is 5.32 Å². The zero-order valence-corrected chi connectivity index (χ0v) is 16.3. The average Bonchev–Trinajstić information content (AvgIpc) is 3.26. The van der Waals surface area contributed by atoms with Crippen LogP contribution in [0.2, 0.25) is 0 Å². The number of hydrogen-bond acceptors (Lipinski definition) is 5. The Morgan fingerprint density at radius 1 is 1.10 bits per heavy atom. The molecule has 0 bridgehead atoms. The first-order valence-electron chi connectivity index (χ1n) is 9.85. The van der Waals surface area contributed by atoms with Gasteiger partial charge in [-0.25, -0.2) is 0 Å². The molecule has 4 aliphatic rings. The van der Waals surface area contributed by atoms with Crippen LogP contribution < -0.4 is 15.5 Å². The van der Waals surface area contributed by atoms with Crippen molar-refractivity contribution in [2.24, 2.45) is 10.9 Å². The van der Waals surface area contributed by atoms with Gasteiger partial charge in [0.15, 0.2) is 0 Å². The number of allylic oxidation sites excluding steroid dienone is 7. The molecule has 150 valence electrons. The fourth-order valence-corrected chi connectivity index (χ4v) is 4.01. The molecule has 0 spiro atoms. The molecule has 1 aromatic rings. The highest BCUT2D eigenvalue weighted by Gasteiger charge is 2.28. The summed E-state index contributed by atoms with van der Waals surface area (Å²) in [5.41, 5.74) is 7.05. The first kappa shape index (κ1) is 19.2. The maximum Gasteiger partial charge on any atom is 0.0751 e. The fraction of sp³-hybridized carbons (Fsp3) is 0.261. The van der Waals surface area contributed by atoms with Crippen molar-refractivity contribution in [2.75, 3.05) is 43.1 Å². The molecule has 0 amide bonds. The number of benzene rings is 1. The Morgan fingerprint density at radius 2 is 1.93 bits per heavy atom. The van der Waals surface area contributed by atoms with Crippen LogP contribution in [0.25, 0.3) is 0 Å². The number of aliphatic imine (C=N–C) groups is 1. The summed E-state index contributed by atoms with van der Waals surface area (Å²) in [7, 11) is 0. The normalized spacial score (nSPS) is 22.5. The minimum absolute atomic E-state index is 0. The molecule has 1 saturated heterocycles. The molecule has 1 fully saturated rings. The summed E-state index contributed by atoms with van der Waals surface area (Å²) in [4.78, 5) is 7.01. The maximum absolute atomic E-state index is 5.44. The van der Waals surface area contributed by atoms with Gasteiger partial charge in [0, 0.05) is 43.1 Å². The van der Waals surface area contributed by atoms with Crippen molar-refractivity contribution in [3.8, 4) is 0 Å². The molecule has 1 unspecified atom stereocenters. The van der Waals surface area contributed by atoms with Crippen LogP contribution in [0.1, 0.15) is 0 Å². The average molecular weight is 390 g/mol. The highest BCUT2D eigenvalue weighted by Crippen LogP contribution is 2.34. The van der Waals surface area contributed by atoms with E-state index < -0.39 is 0 Å². The van der Waals surface area contributed by atoms with Gasteiger partial charge in [-0.15, -0.1) is 0 Å². The lowest BCUT2D eigenvalue weighted by molar-refractivity contribution is 0.122. The summed E-state index contributed by atoms with van der Waals surface area (Å²) in [6.45, 7) is 4.39. The van der Waals surface area contributed by atoms with Gasteiger partial charge in [-0.1, -0.05) is 18.2 Å². The van der Waals surface area contributed by atoms with Gasteiger partial charge in [0.25, 0.3) is 0 Å². The summed E-state index contributed by atoms with van der Waals surface area (Å²) in [5, 5.41) is 6.77. The van der Waals surface area contributed by atoms with Crippen molar-refractivity contribution in [3.05, 3.63) is 83.9 Å². The minimum atomic E-state index is 0. The number of ether oxygens (including phenoxy) is 1. The molecular weight excluding hydrogens is 364 g/mol. The lowest BCUT2D eigenvalue weighted by Gasteiger charge is -2.29. The van der Waals surface area contributed by atoms with Gasteiger partial charge >= 0.3 is 0 Å². The van der Waals surface area contributed by atoms with E-state index in [1.165, 1.54) is 16.8 Å². The summed E-state index contributed by atoms with van der Waals surface area (Å²) >= 11 is 0. The van der Waals surface area contributed by atoms with Gasteiger partial charge in [0.1, 0.15) is 0 Å². The summed E-state index contributed by atoms with van der Waals surface area (Å²) < 4.78 is 5.44. The third kappa shape index (κ3) is 3.90. The Balaban J connectivity index is 0.00000205. The lowest BCUT2D eigenvalue weighted by Crippen LogP contribution is -2.36. The lowest BCUT2D eigenvalue weighted by atomic mass is 9.83. The summed E-state index contributed by atoms with van der Waals surface area (Å²) in [6.07, 6.45) is 14.8. The zero-order chi connectivity index (χ0) is 18.8. The number of morpholine rings is 1. The SMILES string of the molecule is C1=CC2C(C3=CCNC=C3)=CC=C(Nc3ccc(N4CCOCC4)cc3)C2=N1.O. The standard InChI is InChI=1S/C23H24N4O.H2O/c1-3-19(27-13-15-28-16-14-27)4-2-18(1)26-22-6-5-20(17-7-10-24-11-8-17)21-9-12-25-23(21)22;/h1-10,12,21,24,26H,11,13-16H2;1H2. The third-order valence-corrected chi connectivity index (χ3v) is 5.50. The highest BCUT2D eigenvalue weighted by atomic mass is 16.5. The second kappa shape index (κ2) is 8.51. The van der Waals surface area contributed by atoms with E-state index in [2.05, 4.69) is 75.2 Å². The van der Waals surface area contributed by atoms with Crippen LogP contribution >= 0.6 is 0 Å². The molecule has 1 aliphatic carbocycles. The molecule has 3 heterocycles. The van der Waals surface area contributed by atoms with Crippen LogP contribution in [0.3, 0.4) is 0 Å². The van der Waals surface area contributed by atoms with Crippen molar-refractivity contribution in [3.63, 3.8) is 0 Å². The number of hydrogen-bond donors (Lipinski definition) is 2. The van der Waals surface area contributed by atoms with E-state index in [-0.39, 0.29) is 11.4 Å². The third-order valence-electron chi connectivity index (χ3n) is 5.50. The van der Waals surface area contributed by atoms with Gasteiger partial charge in [-0.3, -0.25) is 4.99 Å². The summed E-state index contributed by atoms with van der Waals surface area (Å²) in [5.74, 6) is 0.217. The molecule has 1 atom stereocenters. The predicted molar refractivity (Wildman–Crippen MR) is 118 cm³/mol. The smallest absolute Gasteiger partial charge is 0.0751 e. The molecule has 4 N–H and O–H groups in total. The quantitative estimate of drug-likeness (QED) is 0.828. The molecule has 1 aromatic carbocycles. The van der Waals surface area contributed by atoms with Crippen LogP contribution in [0, 0.1) is 5.92 Å². The minimum Gasteiger partial charge on any atom is -0.412 e. The largest absolute Gasteiger partial charge is 0.412 e. The van der Waals surface area contributed by atoms with E-state index >= 15 is 0 Å². The molecule has 6 heteroatoms. The molecule has 5 rings (SSSR count). The molecule has 3 aliphatic heterocycles. The van der Waals surface area contributed by atoms with E-state index in [1.54, 1.807) is 0 Å². The molecule has 0 saturated carbocycles. The Hall–Kier alpha value is -3.09. The van der Waals surface area contributed by atoms with Gasteiger partial charge < -0.3 is 25.7 Å². The Labute approximate surface area is 171 Å². The number of nitrogens with zero attached hydrogens (tertiary/aromatic N) is 2. The van der Waals surface area contributed by atoms with Crippen molar-refractivity contribution >= 4 is 17.1 Å². The van der Waals surface area contributed by atoms with Crippen molar-refractivity contribution < 1.29 is 10.2 Å². The van der Waals surface area contributed by atoms with E-state index in [9.17, 15) is 0 Å². The number of rotatable bonds is 4. The van der Waals surface area contributed by atoms with E-state index in [0.29, 0.717) is 0 Å².